The fraction of sp³-hybridized carbons (Fsp3) is 0.100. The topological polar surface area (TPSA) is 66.0 Å². The van der Waals surface area contributed by atoms with Crippen molar-refractivity contribution in [3.05, 3.63) is 88.5 Å². The van der Waals surface area contributed by atoms with Crippen LogP contribution in [0.15, 0.2) is 55.0 Å². The third kappa shape index (κ3) is 3.13. The molecule has 24 heavy (non-hydrogen) atoms. The van der Waals surface area contributed by atoms with Crippen molar-refractivity contribution in [3.63, 3.8) is 0 Å². The van der Waals surface area contributed by atoms with E-state index in [9.17, 15) is 4.79 Å². The molecule has 0 aliphatic carbocycles. The van der Waals surface area contributed by atoms with Crippen molar-refractivity contribution in [1.29, 1.82) is 0 Å². The molecule has 1 heterocycles. The fourth-order valence-electron chi connectivity index (χ4n) is 2.64. The van der Waals surface area contributed by atoms with Gasteiger partial charge in [0.05, 0.1) is 23.8 Å². The van der Waals surface area contributed by atoms with Gasteiger partial charge in [-0.05, 0) is 54.3 Å². The number of carboxylic acid groups (broad SMARTS) is 1. The number of nitrogens with one attached hydrogen (secondary N) is 1. The smallest absolute Gasteiger partial charge is 0.335 e. The van der Waals surface area contributed by atoms with Gasteiger partial charge in [-0.1, -0.05) is 30.3 Å². The van der Waals surface area contributed by atoms with Gasteiger partial charge in [-0.25, -0.2) is 9.78 Å². The highest BCUT2D eigenvalue weighted by molar-refractivity contribution is 5.92. The van der Waals surface area contributed by atoms with Gasteiger partial charge in [0.1, 0.15) is 0 Å². The molecule has 0 atom stereocenters. The van der Waals surface area contributed by atoms with E-state index >= 15 is 0 Å². The second kappa shape index (κ2) is 6.54. The lowest BCUT2D eigenvalue weighted by Gasteiger charge is -2.12. The predicted octanol–water partition coefficient (Wildman–Crippen LogP) is 4.31. The molecule has 3 rings (SSSR count). The minimum absolute atomic E-state index is 0.280. The number of hydrogen-bond acceptors (Lipinski definition) is 2. The van der Waals surface area contributed by atoms with Gasteiger partial charge < -0.3 is 10.1 Å². The largest absolute Gasteiger partial charge is 0.478 e. The van der Waals surface area contributed by atoms with Crippen LogP contribution in [0.3, 0.4) is 0 Å². The van der Waals surface area contributed by atoms with Crippen LogP contribution in [0.1, 0.15) is 38.3 Å². The molecule has 0 aliphatic heterocycles. The number of benzene rings is 2. The van der Waals surface area contributed by atoms with E-state index < -0.39 is 5.97 Å². The number of aromatic carboxylic acids is 1. The van der Waals surface area contributed by atoms with E-state index in [-0.39, 0.29) is 5.56 Å². The molecule has 0 unspecified atom stereocenters. The Bertz CT molecular complexity index is 892. The van der Waals surface area contributed by atoms with Gasteiger partial charge in [0.2, 0.25) is 0 Å². The maximum absolute atomic E-state index is 11.0. The zero-order chi connectivity index (χ0) is 17.1. The van der Waals surface area contributed by atoms with E-state index in [0.717, 1.165) is 22.4 Å². The molecule has 120 valence electrons. The molecule has 0 aliphatic rings. The molecule has 0 saturated heterocycles. The molecule has 0 spiro atoms. The summed E-state index contributed by atoms with van der Waals surface area (Å²) in [7, 11) is 0. The Morgan fingerprint density at radius 2 is 1.88 bits per heavy atom. The van der Waals surface area contributed by atoms with Crippen LogP contribution in [-0.2, 0) is 0 Å². The summed E-state index contributed by atoms with van der Waals surface area (Å²) in [5, 5.41) is 9.02. The van der Waals surface area contributed by atoms with Crippen LogP contribution in [-0.4, -0.2) is 21.0 Å². The summed E-state index contributed by atoms with van der Waals surface area (Å²) in [5.74, 6) is -0.922. The number of H-pyrrole nitrogens is 1. The summed E-state index contributed by atoms with van der Waals surface area (Å²) in [6, 6.07) is 13.1. The first-order valence-corrected chi connectivity index (χ1v) is 7.66. The molecule has 2 aromatic carbocycles. The van der Waals surface area contributed by atoms with Crippen molar-refractivity contribution in [3.8, 4) is 0 Å². The zero-order valence-corrected chi connectivity index (χ0v) is 13.6. The summed E-state index contributed by atoms with van der Waals surface area (Å²) in [4.78, 5) is 18.3. The lowest BCUT2D eigenvalue weighted by Crippen LogP contribution is -1.96. The SMILES string of the molecule is Cc1cccc(/C(=C/c2ccc(C(=O)O)cc2)c2cnc[nH]2)c1C. The summed E-state index contributed by atoms with van der Waals surface area (Å²) < 4.78 is 0. The number of carboxylic acids is 1. The van der Waals surface area contributed by atoms with E-state index in [0.29, 0.717) is 0 Å². The van der Waals surface area contributed by atoms with Crippen molar-refractivity contribution in [2.24, 2.45) is 0 Å². The number of aryl methyl sites for hydroxylation is 1. The number of imidazole rings is 1. The number of aromatic nitrogens is 2. The van der Waals surface area contributed by atoms with Crippen LogP contribution in [0.2, 0.25) is 0 Å². The average molecular weight is 318 g/mol. The molecule has 4 heteroatoms. The highest BCUT2D eigenvalue weighted by Gasteiger charge is 2.11. The second-order valence-electron chi connectivity index (χ2n) is 5.70. The Morgan fingerprint density at radius 3 is 2.50 bits per heavy atom. The molecule has 2 N–H and O–H groups in total. The van der Waals surface area contributed by atoms with Gasteiger partial charge in [0.15, 0.2) is 0 Å². The van der Waals surface area contributed by atoms with E-state index in [1.54, 1.807) is 24.7 Å². The van der Waals surface area contributed by atoms with E-state index in [4.69, 9.17) is 5.11 Å². The van der Waals surface area contributed by atoms with Crippen molar-refractivity contribution in [2.45, 2.75) is 13.8 Å². The Labute approximate surface area is 140 Å². The summed E-state index contributed by atoms with van der Waals surface area (Å²) in [5.41, 5.74) is 6.72. The Balaban J connectivity index is 2.12. The Morgan fingerprint density at radius 1 is 1.12 bits per heavy atom. The third-order valence-corrected chi connectivity index (χ3v) is 4.15. The standard InChI is InChI=1S/C20H18N2O2/c1-13-4-3-5-17(14(13)2)18(19-11-21-12-22-19)10-15-6-8-16(9-7-15)20(23)24/h3-12H,1-2H3,(H,21,22)(H,23,24)/b18-10-. The number of rotatable bonds is 4. The zero-order valence-electron chi connectivity index (χ0n) is 13.6. The quantitative estimate of drug-likeness (QED) is 0.704. The van der Waals surface area contributed by atoms with Gasteiger partial charge in [-0.3, -0.25) is 0 Å². The van der Waals surface area contributed by atoms with E-state index in [2.05, 4.69) is 35.9 Å². The molecule has 1 aromatic heterocycles. The molecule has 0 amide bonds. The average Bonchev–Trinajstić information content (AvgIpc) is 3.10. The fourth-order valence-corrected chi connectivity index (χ4v) is 2.64. The van der Waals surface area contributed by atoms with Crippen LogP contribution in [0, 0.1) is 13.8 Å². The molecular formula is C20H18N2O2. The van der Waals surface area contributed by atoms with Crippen LogP contribution in [0.25, 0.3) is 11.6 Å². The van der Waals surface area contributed by atoms with E-state index in [1.165, 1.54) is 11.1 Å². The van der Waals surface area contributed by atoms with Crippen molar-refractivity contribution in [1.82, 2.24) is 9.97 Å². The number of carbonyl (C=O) groups is 1. The molecule has 0 fully saturated rings. The first-order chi connectivity index (χ1) is 11.6. The van der Waals surface area contributed by atoms with Crippen molar-refractivity contribution >= 4 is 17.6 Å². The minimum Gasteiger partial charge on any atom is -0.478 e. The van der Waals surface area contributed by atoms with Gasteiger partial charge >= 0.3 is 5.97 Å². The van der Waals surface area contributed by atoms with Gasteiger partial charge in [0, 0.05) is 5.57 Å². The van der Waals surface area contributed by atoms with Gasteiger partial charge in [-0.15, -0.1) is 0 Å². The third-order valence-electron chi connectivity index (χ3n) is 4.15. The lowest BCUT2D eigenvalue weighted by molar-refractivity contribution is 0.0697. The number of nitrogens with zero attached hydrogens (tertiary/aromatic N) is 1. The highest BCUT2D eigenvalue weighted by atomic mass is 16.4. The Kier molecular flexibility index (Phi) is 4.29. The van der Waals surface area contributed by atoms with Crippen molar-refractivity contribution < 1.29 is 9.90 Å². The van der Waals surface area contributed by atoms with Crippen LogP contribution in [0.5, 0.6) is 0 Å². The van der Waals surface area contributed by atoms with Crippen LogP contribution >= 0.6 is 0 Å². The van der Waals surface area contributed by atoms with Gasteiger partial charge in [-0.2, -0.15) is 0 Å². The maximum Gasteiger partial charge on any atom is 0.335 e. The summed E-state index contributed by atoms with van der Waals surface area (Å²) in [6.07, 6.45) is 5.49. The maximum atomic E-state index is 11.0. The van der Waals surface area contributed by atoms with Gasteiger partial charge in [0.25, 0.3) is 0 Å². The van der Waals surface area contributed by atoms with Crippen molar-refractivity contribution in [2.75, 3.05) is 0 Å². The summed E-state index contributed by atoms with van der Waals surface area (Å²) in [6.45, 7) is 4.19. The van der Waals surface area contributed by atoms with Crippen LogP contribution in [0.4, 0.5) is 0 Å². The first-order valence-electron chi connectivity index (χ1n) is 7.66. The minimum atomic E-state index is -0.922. The number of hydrogen-bond donors (Lipinski definition) is 2. The normalized spacial score (nSPS) is 11.5. The first kappa shape index (κ1) is 15.7. The lowest BCUT2D eigenvalue weighted by atomic mass is 9.93. The molecule has 0 saturated carbocycles. The monoisotopic (exact) mass is 318 g/mol. The number of aromatic amines is 1. The highest BCUT2D eigenvalue weighted by Crippen LogP contribution is 2.28. The molecule has 0 bridgehead atoms. The van der Waals surface area contributed by atoms with Crippen LogP contribution < -0.4 is 0 Å². The summed E-state index contributed by atoms with van der Waals surface area (Å²) >= 11 is 0. The predicted molar refractivity (Wildman–Crippen MR) is 94.9 cm³/mol. The molecule has 3 aromatic rings. The van der Waals surface area contributed by atoms with E-state index in [1.807, 2.05) is 24.3 Å². The second-order valence-corrected chi connectivity index (χ2v) is 5.70. The molecule has 0 radical (unpaired) electrons. The molecular weight excluding hydrogens is 300 g/mol. The Hall–Kier alpha value is -3.14. The molecule has 4 nitrogen and oxygen atoms in total.